The van der Waals surface area contributed by atoms with Crippen LogP contribution in [-0.4, -0.2) is 23.3 Å². The number of rotatable bonds is 7. The van der Waals surface area contributed by atoms with Gasteiger partial charge in [-0.05, 0) is 27.2 Å². The van der Waals surface area contributed by atoms with Crippen LogP contribution in [0.1, 0.15) is 53.4 Å². The molecule has 0 saturated carbocycles. The summed E-state index contributed by atoms with van der Waals surface area (Å²) in [4.78, 5) is 0. The maximum atomic E-state index is 9.28. The van der Waals surface area contributed by atoms with E-state index in [1.165, 1.54) is 25.7 Å². The Labute approximate surface area is 82.7 Å². The first-order valence-corrected chi connectivity index (χ1v) is 5.52. The molecule has 0 fully saturated rings. The monoisotopic (exact) mass is 187 g/mol. The van der Waals surface area contributed by atoms with Crippen molar-refractivity contribution >= 4 is 0 Å². The molecule has 2 N–H and O–H groups in total. The lowest BCUT2D eigenvalue weighted by Gasteiger charge is -2.21. The quantitative estimate of drug-likeness (QED) is 0.599. The fraction of sp³-hybridized carbons (Fsp3) is 1.00. The normalized spacial score (nSPS) is 18.2. The van der Waals surface area contributed by atoms with Crippen LogP contribution in [0.5, 0.6) is 0 Å². The summed E-state index contributed by atoms with van der Waals surface area (Å²) in [6.07, 6.45) is 4.84. The van der Waals surface area contributed by atoms with Crippen molar-refractivity contribution in [3.63, 3.8) is 0 Å². The molecule has 0 rings (SSSR count). The van der Waals surface area contributed by atoms with Crippen LogP contribution in [-0.2, 0) is 0 Å². The molecule has 0 aromatic carbocycles. The van der Waals surface area contributed by atoms with E-state index in [0.717, 1.165) is 0 Å². The zero-order chi connectivity index (χ0) is 10.3. The maximum absolute atomic E-state index is 9.28. The number of nitrogens with one attached hydrogen (secondary N) is 1. The summed E-state index contributed by atoms with van der Waals surface area (Å²) in [5.74, 6) is 0. The Morgan fingerprint density at radius 3 is 2.23 bits per heavy atom. The summed E-state index contributed by atoms with van der Waals surface area (Å²) < 4.78 is 0. The Bertz CT molecular complexity index is 115. The molecule has 2 nitrogen and oxygen atoms in total. The SMILES string of the molecule is CCCCCC(C)NC(C)C(C)O. The van der Waals surface area contributed by atoms with Crippen molar-refractivity contribution in [2.24, 2.45) is 0 Å². The van der Waals surface area contributed by atoms with Gasteiger partial charge in [-0.25, -0.2) is 0 Å². The molecule has 0 bridgehead atoms. The number of hydrogen-bond donors (Lipinski definition) is 2. The van der Waals surface area contributed by atoms with E-state index in [-0.39, 0.29) is 12.1 Å². The van der Waals surface area contributed by atoms with Gasteiger partial charge >= 0.3 is 0 Å². The first-order chi connectivity index (χ1) is 6.07. The van der Waals surface area contributed by atoms with E-state index in [9.17, 15) is 5.11 Å². The van der Waals surface area contributed by atoms with Crippen LogP contribution in [0.4, 0.5) is 0 Å². The van der Waals surface area contributed by atoms with Gasteiger partial charge in [0.1, 0.15) is 0 Å². The van der Waals surface area contributed by atoms with E-state index < -0.39 is 0 Å². The van der Waals surface area contributed by atoms with Gasteiger partial charge in [-0.2, -0.15) is 0 Å². The van der Waals surface area contributed by atoms with Crippen LogP contribution < -0.4 is 5.32 Å². The molecule has 0 aliphatic heterocycles. The zero-order valence-corrected chi connectivity index (χ0v) is 9.51. The van der Waals surface area contributed by atoms with Crippen molar-refractivity contribution < 1.29 is 5.11 Å². The van der Waals surface area contributed by atoms with Crippen molar-refractivity contribution in [2.75, 3.05) is 0 Å². The second kappa shape index (κ2) is 7.34. The number of unbranched alkanes of at least 4 members (excludes halogenated alkanes) is 2. The topological polar surface area (TPSA) is 32.3 Å². The van der Waals surface area contributed by atoms with Crippen LogP contribution >= 0.6 is 0 Å². The summed E-state index contributed by atoms with van der Waals surface area (Å²) in [7, 11) is 0. The molecule has 13 heavy (non-hydrogen) atoms. The molecule has 0 aromatic heterocycles. The van der Waals surface area contributed by atoms with Crippen LogP contribution in [0.3, 0.4) is 0 Å². The summed E-state index contributed by atoms with van der Waals surface area (Å²) in [6, 6.07) is 0.729. The first kappa shape index (κ1) is 12.9. The van der Waals surface area contributed by atoms with Gasteiger partial charge in [0.05, 0.1) is 6.10 Å². The highest BCUT2D eigenvalue weighted by Gasteiger charge is 2.10. The molecule has 0 aliphatic rings. The van der Waals surface area contributed by atoms with Crippen molar-refractivity contribution in [1.82, 2.24) is 5.32 Å². The molecular weight excluding hydrogens is 162 g/mol. The fourth-order valence-corrected chi connectivity index (χ4v) is 1.37. The van der Waals surface area contributed by atoms with Gasteiger partial charge < -0.3 is 10.4 Å². The molecule has 0 radical (unpaired) electrons. The lowest BCUT2D eigenvalue weighted by Crippen LogP contribution is -2.41. The maximum Gasteiger partial charge on any atom is 0.0662 e. The average Bonchev–Trinajstić information content (AvgIpc) is 2.04. The highest BCUT2D eigenvalue weighted by molar-refractivity contribution is 4.71. The smallest absolute Gasteiger partial charge is 0.0662 e. The Morgan fingerprint density at radius 1 is 1.15 bits per heavy atom. The van der Waals surface area contributed by atoms with Crippen molar-refractivity contribution in [1.29, 1.82) is 0 Å². The Hall–Kier alpha value is -0.0800. The minimum absolute atomic E-state index is 0.205. The van der Waals surface area contributed by atoms with E-state index in [4.69, 9.17) is 0 Å². The Balaban J connectivity index is 3.43. The van der Waals surface area contributed by atoms with Crippen LogP contribution in [0, 0.1) is 0 Å². The molecule has 0 spiro atoms. The lowest BCUT2D eigenvalue weighted by atomic mass is 10.1. The van der Waals surface area contributed by atoms with E-state index >= 15 is 0 Å². The number of hydrogen-bond acceptors (Lipinski definition) is 2. The average molecular weight is 187 g/mol. The molecule has 3 unspecified atom stereocenters. The predicted molar refractivity (Wildman–Crippen MR) is 57.9 cm³/mol. The number of aliphatic hydroxyl groups is 1. The number of aliphatic hydroxyl groups excluding tert-OH is 1. The van der Waals surface area contributed by atoms with Crippen LogP contribution in [0.2, 0.25) is 0 Å². The van der Waals surface area contributed by atoms with Gasteiger partial charge in [0.2, 0.25) is 0 Å². The van der Waals surface area contributed by atoms with Crippen molar-refractivity contribution in [3.8, 4) is 0 Å². The van der Waals surface area contributed by atoms with Crippen molar-refractivity contribution in [3.05, 3.63) is 0 Å². The Morgan fingerprint density at radius 2 is 1.77 bits per heavy atom. The fourth-order valence-electron chi connectivity index (χ4n) is 1.37. The molecule has 0 amide bonds. The summed E-state index contributed by atoms with van der Waals surface area (Å²) >= 11 is 0. The molecule has 80 valence electrons. The molecule has 0 saturated heterocycles. The third kappa shape index (κ3) is 7.03. The van der Waals surface area contributed by atoms with Crippen LogP contribution in [0.15, 0.2) is 0 Å². The predicted octanol–water partition coefficient (Wildman–Crippen LogP) is 2.31. The third-order valence-electron chi connectivity index (χ3n) is 2.51. The van der Waals surface area contributed by atoms with E-state index in [2.05, 4.69) is 19.2 Å². The molecule has 3 atom stereocenters. The summed E-state index contributed by atoms with van der Waals surface area (Å²) in [5.41, 5.74) is 0. The van der Waals surface area contributed by atoms with Gasteiger partial charge in [0.15, 0.2) is 0 Å². The molecule has 2 heteroatoms. The molecule has 0 aliphatic carbocycles. The van der Waals surface area contributed by atoms with E-state index in [1.807, 2.05) is 13.8 Å². The third-order valence-corrected chi connectivity index (χ3v) is 2.51. The minimum Gasteiger partial charge on any atom is -0.392 e. The standard InChI is InChI=1S/C11H25NO/c1-5-6-7-8-9(2)12-10(3)11(4)13/h9-13H,5-8H2,1-4H3. The lowest BCUT2D eigenvalue weighted by molar-refractivity contribution is 0.146. The molecule has 0 aromatic rings. The van der Waals surface area contributed by atoms with Gasteiger partial charge in [0.25, 0.3) is 0 Å². The highest BCUT2D eigenvalue weighted by Crippen LogP contribution is 2.04. The van der Waals surface area contributed by atoms with Gasteiger partial charge in [-0.3, -0.25) is 0 Å². The first-order valence-electron chi connectivity index (χ1n) is 5.52. The van der Waals surface area contributed by atoms with Crippen molar-refractivity contribution in [2.45, 2.75) is 71.6 Å². The summed E-state index contributed by atoms with van der Waals surface area (Å²) in [5, 5.41) is 12.7. The minimum atomic E-state index is -0.256. The van der Waals surface area contributed by atoms with Crippen LogP contribution in [0.25, 0.3) is 0 Å². The van der Waals surface area contributed by atoms with E-state index in [0.29, 0.717) is 6.04 Å². The van der Waals surface area contributed by atoms with Gasteiger partial charge in [-0.15, -0.1) is 0 Å². The largest absolute Gasteiger partial charge is 0.392 e. The van der Waals surface area contributed by atoms with E-state index in [1.54, 1.807) is 0 Å². The summed E-state index contributed by atoms with van der Waals surface area (Å²) in [6.45, 7) is 8.27. The molecular formula is C11H25NO. The van der Waals surface area contributed by atoms with Gasteiger partial charge in [-0.1, -0.05) is 26.2 Å². The second-order valence-corrected chi connectivity index (χ2v) is 4.09. The molecule has 0 heterocycles. The highest BCUT2D eigenvalue weighted by atomic mass is 16.3. The van der Waals surface area contributed by atoms with Gasteiger partial charge in [0, 0.05) is 12.1 Å². The second-order valence-electron chi connectivity index (χ2n) is 4.09. The zero-order valence-electron chi connectivity index (χ0n) is 9.51. The Kier molecular flexibility index (Phi) is 7.29.